The zero-order chi connectivity index (χ0) is 22.6. The van der Waals surface area contributed by atoms with Crippen molar-refractivity contribution in [2.24, 2.45) is 0 Å². The Morgan fingerprint density at radius 3 is 2.35 bits per heavy atom. The molecule has 3 N–H and O–H groups in total. The zero-order valence-corrected chi connectivity index (χ0v) is 18.3. The van der Waals surface area contributed by atoms with E-state index in [4.69, 9.17) is 0 Å². The van der Waals surface area contributed by atoms with Gasteiger partial charge in [0.05, 0.1) is 24.1 Å². The Labute approximate surface area is 181 Å². The van der Waals surface area contributed by atoms with Crippen LogP contribution in [0.2, 0.25) is 0 Å². The first-order chi connectivity index (χ1) is 14.6. The minimum atomic E-state index is -3.50. The lowest BCUT2D eigenvalue weighted by Crippen LogP contribution is -2.49. The number of nitrogens with one attached hydrogen (secondary N) is 2. The van der Waals surface area contributed by atoms with Crippen molar-refractivity contribution in [3.63, 3.8) is 0 Å². The largest absolute Gasteiger partial charge is 0.478 e. The fraction of sp³-hybridized carbons (Fsp3) is 0.333. The summed E-state index contributed by atoms with van der Waals surface area (Å²) in [5, 5.41) is 12.5. The smallest absolute Gasteiger partial charge is 0.337 e. The third-order valence-electron chi connectivity index (χ3n) is 4.91. The quantitative estimate of drug-likeness (QED) is 0.594. The molecule has 0 unspecified atom stereocenters. The molecule has 0 saturated carbocycles. The molecule has 1 amide bonds. The maximum atomic E-state index is 12.3. The summed E-state index contributed by atoms with van der Waals surface area (Å²) < 4.78 is 25.1. The van der Waals surface area contributed by atoms with E-state index in [1.54, 1.807) is 12.1 Å². The molecule has 0 bridgehead atoms. The third-order valence-corrected chi connectivity index (χ3v) is 5.52. The van der Waals surface area contributed by atoms with E-state index in [-0.39, 0.29) is 23.7 Å². The molecule has 0 radical (unpaired) electrons. The second-order valence-electron chi connectivity index (χ2n) is 7.59. The molecular weight excluding hydrogens is 420 g/mol. The van der Waals surface area contributed by atoms with Crippen LogP contribution in [-0.4, -0.2) is 69.3 Å². The molecule has 2 aromatic rings. The Bertz CT molecular complexity index is 1080. The van der Waals surface area contributed by atoms with Gasteiger partial charge in [0.2, 0.25) is 15.9 Å². The maximum Gasteiger partial charge on any atom is 0.337 e. The summed E-state index contributed by atoms with van der Waals surface area (Å²) in [7, 11) is -3.50. The minimum absolute atomic E-state index is 0.0271. The van der Waals surface area contributed by atoms with Crippen molar-refractivity contribution in [3.8, 4) is 0 Å². The SMILES string of the molecule is Cc1cccc(NC(=O)CN2CCN(c3ccc(NS(C)(=O)=O)cc3C(=O)O)CC2)c1. The van der Waals surface area contributed by atoms with Crippen molar-refractivity contribution in [3.05, 3.63) is 53.6 Å². The number of carboxylic acid groups (broad SMARTS) is 1. The number of nitrogens with zero attached hydrogens (tertiary/aromatic N) is 2. The zero-order valence-electron chi connectivity index (χ0n) is 17.5. The number of anilines is 3. The average Bonchev–Trinajstić information content (AvgIpc) is 2.67. The highest BCUT2D eigenvalue weighted by Crippen LogP contribution is 2.26. The van der Waals surface area contributed by atoms with Crippen molar-refractivity contribution in [2.75, 3.05) is 53.9 Å². The Kier molecular flexibility index (Phi) is 6.81. The van der Waals surface area contributed by atoms with Crippen molar-refractivity contribution in [2.45, 2.75) is 6.92 Å². The number of carboxylic acids is 1. The number of carbonyl (C=O) groups is 2. The Morgan fingerprint density at radius 2 is 1.74 bits per heavy atom. The molecule has 1 saturated heterocycles. The van der Waals surface area contributed by atoms with Gasteiger partial charge < -0.3 is 15.3 Å². The number of hydrogen-bond acceptors (Lipinski definition) is 6. The van der Waals surface area contributed by atoms with Crippen molar-refractivity contribution in [1.29, 1.82) is 0 Å². The molecule has 31 heavy (non-hydrogen) atoms. The molecule has 166 valence electrons. The highest BCUT2D eigenvalue weighted by atomic mass is 32.2. The van der Waals surface area contributed by atoms with Gasteiger partial charge in [-0.1, -0.05) is 12.1 Å². The molecule has 1 aliphatic rings. The highest BCUT2D eigenvalue weighted by molar-refractivity contribution is 7.92. The van der Waals surface area contributed by atoms with E-state index < -0.39 is 16.0 Å². The first-order valence-electron chi connectivity index (χ1n) is 9.80. The molecular formula is C21H26N4O5S. The summed E-state index contributed by atoms with van der Waals surface area (Å²) in [6, 6.07) is 12.1. The number of piperazine rings is 1. The summed E-state index contributed by atoms with van der Waals surface area (Å²) in [6.07, 6.45) is 1.01. The number of aryl methyl sites for hydroxylation is 1. The molecule has 1 aliphatic heterocycles. The molecule has 1 heterocycles. The summed E-state index contributed by atoms with van der Waals surface area (Å²) >= 11 is 0. The molecule has 0 aliphatic carbocycles. The van der Waals surface area contributed by atoms with Gasteiger partial charge in [-0.05, 0) is 42.8 Å². The molecule has 3 rings (SSSR count). The van der Waals surface area contributed by atoms with E-state index in [0.29, 0.717) is 31.9 Å². The fourth-order valence-electron chi connectivity index (χ4n) is 3.53. The molecule has 0 atom stereocenters. The van der Waals surface area contributed by atoms with E-state index >= 15 is 0 Å². The normalized spacial score (nSPS) is 14.8. The number of sulfonamides is 1. The number of benzene rings is 2. The van der Waals surface area contributed by atoms with Gasteiger partial charge in [0.15, 0.2) is 0 Å². The Hall–Kier alpha value is -3.11. The highest BCUT2D eigenvalue weighted by Gasteiger charge is 2.23. The van der Waals surface area contributed by atoms with Crippen LogP contribution in [-0.2, 0) is 14.8 Å². The van der Waals surface area contributed by atoms with Gasteiger partial charge in [0.1, 0.15) is 0 Å². The monoisotopic (exact) mass is 446 g/mol. The average molecular weight is 447 g/mol. The number of rotatable bonds is 7. The first kappa shape index (κ1) is 22.6. The first-order valence-corrected chi connectivity index (χ1v) is 11.7. The van der Waals surface area contributed by atoms with E-state index in [1.165, 1.54) is 6.07 Å². The van der Waals surface area contributed by atoms with Crippen LogP contribution in [0.25, 0.3) is 0 Å². The molecule has 2 aromatic carbocycles. The molecule has 9 nitrogen and oxygen atoms in total. The molecule has 0 aromatic heterocycles. The lowest BCUT2D eigenvalue weighted by molar-refractivity contribution is -0.117. The van der Waals surface area contributed by atoms with Crippen molar-refractivity contribution >= 4 is 39.0 Å². The van der Waals surface area contributed by atoms with Crippen molar-refractivity contribution in [1.82, 2.24) is 4.90 Å². The lowest BCUT2D eigenvalue weighted by Gasteiger charge is -2.36. The van der Waals surface area contributed by atoms with Gasteiger partial charge in [0, 0.05) is 37.6 Å². The van der Waals surface area contributed by atoms with Crippen molar-refractivity contribution < 1.29 is 23.1 Å². The van der Waals surface area contributed by atoms with Crippen LogP contribution >= 0.6 is 0 Å². The Morgan fingerprint density at radius 1 is 1.03 bits per heavy atom. The van der Waals surface area contributed by atoms with Crippen LogP contribution in [0.1, 0.15) is 15.9 Å². The number of amides is 1. The summed E-state index contributed by atoms with van der Waals surface area (Å²) in [5.41, 5.74) is 2.58. The van der Waals surface area contributed by atoms with Crippen LogP contribution in [0.5, 0.6) is 0 Å². The second-order valence-corrected chi connectivity index (χ2v) is 9.34. The van der Waals surface area contributed by atoms with Gasteiger partial charge in [0.25, 0.3) is 0 Å². The minimum Gasteiger partial charge on any atom is -0.478 e. The van der Waals surface area contributed by atoms with E-state index in [2.05, 4.69) is 10.0 Å². The van der Waals surface area contributed by atoms with Crippen LogP contribution in [0, 0.1) is 6.92 Å². The third kappa shape index (κ3) is 6.43. The van der Waals surface area contributed by atoms with Crippen LogP contribution in [0.4, 0.5) is 17.1 Å². The lowest BCUT2D eigenvalue weighted by atomic mass is 10.1. The standard InChI is InChI=1S/C21H26N4O5S/c1-15-4-3-5-16(12-15)22-20(26)14-24-8-10-25(11-9-24)19-7-6-17(23-31(2,29)30)13-18(19)21(27)28/h3-7,12-13,23H,8-11,14H2,1-2H3,(H,22,26)(H,27,28). The van der Waals surface area contributed by atoms with Gasteiger partial charge in [-0.2, -0.15) is 0 Å². The molecule has 1 fully saturated rings. The van der Waals surface area contributed by atoms with E-state index in [0.717, 1.165) is 17.5 Å². The molecule has 0 spiro atoms. The van der Waals surface area contributed by atoms with Gasteiger partial charge in [-0.3, -0.25) is 14.4 Å². The van der Waals surface area contributed by atoms with Gasteiger partial charge >= 0.3 is 5.97 Å². The fourth-order valence-corrected chi connectivity index (χ4v) is 4.09. The number of hydrogen-bond donors (Lipinski definition) is 3. The maximum absolute atomic E-state index is 12.3. The predicted octanol–water partition coefficient (Wildman–Crippen LogP) is 1.83. The van der Waals surface area contributed by atoms with Crippen LogP contribution in [0.3, 0.4) is 0 Å². The number of aromatic carboxylic acids is 1. The van der Waals surface area contributed by atoms with E-state index in [1.807, 2.05) is 41.0 Å². The summed E-state index contributed by atoms with van der Waals surface area (Å²) in [5.74, 6) is -1.23. The summed E-state index contributed by atoms with van der Waals surface area (Å²) in [4.78, 5) is 28.0. The number of carbonyl (C=O) groups excluding carboxylic acids is 1. The van der Waals surface area contributed by atoms with Gasteiger partial charge in [-0.15, -0.1) is 0 Å². The van der Waals surface area contributed by atoms with Gasteiger partial charge in [-0.25, -0.2) is 13.2 Å². The molecule has 10 heteroatoms. The second kappa shape index (κ2) is 9.36. The topological polar surface area (TPSA) is 119 Å². The summed E-state index contributed by atoms with van der Waals surface area (Å²) in [6.45, 7) is 4.52. The predicted molar refractivity (Wildman–Crippen MR) is 120 cm³/mol. The van der Waals surface area contributed by atoms with E-state index in [9.17, 15) is 23.1 Å². The van der Waals surface area contributed by atoms with Crippen LogP contribution in [0.15, 0.2) is 42.5 Å². The Balaban J connectivity index is 1.61. The van der Waals surface area contributed by atoms with Crippen LogP contribution < -0.4 is 14.9 Å².